The molecule has 0 bridgehead atoms. The van der Waals surface area contributed by atoms with Crippen molar-refractivity contribution in [2.24, 2.45) is 0 Å². The van der Waals surface area contributed by atoms with Crippen molar-refractivity contribution in [1.29, 1.82) is 0 Å². The van der Waals surface area contributed by atoms with Gasteiger partial charge in [-0.05, 0) is 31.2 Å². The van der Waals surface area contributed by atoms with E-state index in [1.807, 2.05) is 19.1 Å². The Morgan fingerprint density at radius 1 is 1.05 bits per heavy atom. The second kappa shape index (κ2) is 5.90. The lowest BCUT2D eigenvalue weighted by Crippen LogP contribution is -2.00. The van der Waals surface area contributed by atoms with Crippen molar-refractivity contribution in [1.82, 2.24) is 9.97 Å². The smallest absolute Gasteiger partial charge is 0.249 e. The minimum Gasteiger partial charge on any atom is -0.494 e. The van der Waals surface area contributed by atoms with Gasteiger partial charge in [0, 0.05) is 0 Å². The maximum atomic E-state index is 5.82. The van der Waals surface area contributed by atoms with Crippen LogP contribution in [-0.2, 0) is 0 Å². The highest BCUT2D eigenvalue weighted by Gasteiger charge is 2.10. The number of hydrogen-bond acceptors (Lipinski definition) is 6. The molecule has 0 aliphatic carbocycles. The standard InChI is InChI=1S/C13H15N3O3/c1-3-18-9-4-6-10(7-5-9)19-13-11(14)12(17-2)15-8-16-13/h4-8H,3,14H2,1-2H3. The maximum absolute atomic E-state index is 5.82. The monoisotopic (exact) mass is 261 g/mol. The third-order valence-electron chi connectivity index (χ3n) is 2.35. The quantitative estimate of drug-likeness (QED) is 0.889. The summed E-state index contributed by atoms with van der Waals surface area (Å²) in [6.07, 6.45) is 1.33. The van der Waals surface area contributed by atoms with Crippen LogP contribution in [0.25, 0.3) is 0 Å². The minimum atomic E-state index is 0.260. The number of ether oxygens (including phenoxy) is 3. The Balaban J connectivity index is 2.16. The van der Waals surface area contributed by atoms with Gasteiger partial charge < -0.3 is 19.9 Å². The molecule has 6 nitrogen and oxygen atoms in total. The number of nitrogens with zero attached hydrogens (tertiary/aromatic N) is 2. The van der Waals surface area contributed by atoms with Crippen LogP contribution in [0.15, 0.2) is 30.6 Å². The highest BCUT2D eigenvalue weighted by atomic mass is 16.5. The fourth-order valence-corrected chi connectivity index (χ4v) is 1.49. The predicted molar refractivity (Wildman–Crippen MR) is 70.7 cm³/mol. The highest BCUT2D eigenvalue weighted by molar-refractivity contribution is 5.56. The number of anilines is 1. The summed E-state index contributed by atoms with van der Waals surface area (Å²) >= 11 is 0. The third kappa shape index (κ3) is 3.04. The van der Waals surface area contributed by atoms with Gasteiger partial charge in [-0.15, -0.1) is 0 Å². The Morgan fingerprint density at radius 3 is 2.32 bits per heavy atom. The molecular weight excluding hydrogens is 246 g/mol. The van der Waals surface area contributed by atoms with Crippen LogP contribution in [0, 0.1) is 0 Å². The second-order valence-electron chi connectivity index (χ2n) is 3.61. The number of methoxy groups -OCH3 is 1. The van der Waals surface area contributed by atoms with Crippen molar-refractivity contribution in [3.63, 3.8) is 0 Å². The van der Waals surface area contributed by atoms with Crippen LogP contribution in [0.4, 0.5) is 5.69 Å². The third-order valence-corrected chi connectivity index (χ3v) is 2.35. The zero-order chi connectivity index (χ0) is 13.7. The molecule has 100 valence electrons. The van der Waals surface area contributed by atoms with Crippen LogP contribution < -0.4 is 19.9 Å². The zero-order valence-electron chi connectivity index (χ0n) is 10.8. The Kier molecular flexibility index (Phi) is 4.02. The Morgan fingerprint density at radius 2 is 1.68 bits per heavy atom. The fourth-order valence-electron chi connectivity index (χ4n) is 1.49. The lowest BCUT2D eigenvalue weighted by molar-refractivity contribution is 0.339. The average Bonchev–Trinajstić information content (AvgIpc) is 2.43. The van der Waals surface area contributed by atoms with Gasteiger partial charge in [0.25, 0.3) is 0 Å². The number of nitrogens with two attached hydrogens (primary N) is 1. The molecule has 1 aromatic heterocycles. The van der Waals surface area contributed by atoms with Gasteiger partial charge in [-0.2, -0.15) is 9.97 Å². The molecule has 0 saturated heterocycles. The lowest BCUT2D eigenvalue weighted by Gasteiger charge is -2.09. The summed E-state index contributed by atoms with van der Waals surface area (Å²) in [7, 11) is 1.49. The number of hydrogen-bond donors (Lipinski definition) is 1. The van der Waals surface area contributed by atoms with Gasteiger partial charge in [-0.3, -0.25) is 0 Å². The van der Waals surface area contributed by atoms with Crippen molar-refractivity contribution < 1.29 is 14.2 Å². The van der Waals surface area contributed by atoms with Gasteiger partial charge in [0.1, 0.15) is 17.8 Å². The molecule has 0 aliphatic rings. The maximum Gasteiger partial charge on any atom is 0.249 e. The molecule has 2 aromatic rings. The molecule has 0 aliphatic heterocycles. The lowest BCUT2D eigenvalue weighted by atomic mass is 10.3. The summed E-state index contributed by atoms with van der Waals surface area (Å²) in [6, 6.07) is 7.18. The van der Waals surface area contributed by atoms with E-state index in [2.05, 4.69) is 9.97 Å². The molecule has 19 heavy (non-hydrogen) atoms. The van der Waals surface area contributed by atoms with E-state index in [1.165, 1.54) is 13.4 Å². The summed E-state index contributed by atoms with van der Waals surface area (Å²) in [5, 5.41) is 0. The van der Waals surface area contributed by atoms with E-state index in [0.29, 0.717) is 12.4 Å². The molecule has 0 saturated carbocycles. The van der Waals surface area contributed by atoms with Gasteiger partial charge in [-0.1, -0.05) is 0 Å². The first kappa shape index (κ1) is 12.9. The molecule has 1 aromatic carbocycles. The van der Waals surface area contributed by atoms with Crippen molar-refractivity contribution in [2.45, 2.75) is 6.92 Å². The van der Waals surface area contributed by atoms with Crippen LogP contribution in [0.1, 0.15) is 6.92 Å². The van der Waals surface area contributed by atoms with E-state index in [0.717, 1.165) is 5.75 Å². The second-order valence-corrected chi connectivity index (χ2v) is 3.61. The highest BCUT2D eigenvalue weighted by Crippen LogP contribution is 2.30. The van der Waals surface area contributed by atoms with E-state index < -0.39 is 0 Å². The summed E-state index contributed by atoms with van der Waals surface area (Å²) in [5.41, 5.74) is 6.08. The van der Waals surface area contributed by atoms with Gasteiger partial charge in [0.05, 0.1) is 13.7 Å². The van der Waals surface area contributed by atoms with Gasteiger partial charge in [0.15, 0.2) is 5.69 Å². The molecule has 2 rings (SSSR count). The van der Waals surface area contributed by atoms with Gasteiger partial charge >= 0.3 is 0 Å². The topological polar surface area (TPSA) is 79.5 Å². The summed E-state index contributed by atoms with van der Waals surface area (Å²) in [6.45, 7) is 2.55. The first-order valence-electron chi connectivity index (χ1n) is 5.79. The Labute approximate surface area is 111 Å². The Bertz CT molecular complexity index is 543. The van der Waals surface area contributed by atoms with E-state index in [-0.39, 0.29) is 17.4 Å². The van der Waals surface area contributed by atoms with E-state index in [1.54, 1.807) is 12.1 Å². The molecule has 0 unspecified atom stereocenters. The molecule has 0 amide bonds. The normalized spacial score (nSPS) is 10.0. The number of aromatic nitrogens is 2. The van der Waals surface area contributed by atoms with Crippen molar-refractivity contribution >= 4 is 5.69 Å². The first-order chi connectivity index (χ1) is 9.24. The predicted octanol–water partition coefficient (Wildman–Crippen LogP) is 2.26. The van der Waals surface area contributed by atoms with Gasteiger partial charge in [-0.25, -0.2) is 0 Å². The molecule has 2 N–H and O–H groups in total. The fraction of sp³-hybridized carbons (Fsp3) is 0.231. The van der Waals surface area contributed by atoms with E-state index in [9.17, 15) is 0 Å². The van der Waals surface area contributed by atoms with Crippen molar-refractivity contribution in [3.05, 3.63) is 30.6 Å². The molecule has 0 spiro atoms. The zero-order valence-corrected chi connectivity index (χ0v) is 10.8. The number of benzene rings is 1. The molecule has 0 radical (unpaired) electrons. The van der Waals surface area contributed by atoms with Crippen LogP contribution in [0.2, 0.25) is 0 Å². The largest absolute Gasteiger partial charge is 0.494 e. The van der Waals surface area contributed by atoms with Crippen LogP contribution in [0.5, 0.6) is 23.3 Å². The minimum absolute atomic E-state index is 0.260. The summed E-state index contributed by atoms with van der Waals surface area (Å²) in [4.78, 5) is 7.85. The van der Waals surface area contributed by atoms with Crippen LogP contribution in [0.3, 0.4) is 0 Å². The molecule has 1 heterocycles. The first-order valence-corrected chi connectivity index (χ1v) is 5.79. The average molecular weight is 261 g/mol. The van der Waals surface area contributed by atoms with E-state index >= 15 is 0 Å². The Hall–Kier alpha value is -2.50. The SMILES string of the molecule is CCOc1ccc(Oc2ncnc(OC)c2N)cc1. The molecular formula is C13H15N3O3. The van der Waals surface area contributed by atoms with E-state index in [4.69, 9.17) is 19.9 Å². The number of rotatable bonds is 5. The summed E-state index contributed by atoms with van der Waals surface area (Å²) in [5.74, 6) is 1.94. The molecule has 0 fully saturated rings. The van der Waals surface area contributed by atoms with Crippen LogP contribution in [-0.4, -0.2) is 23.7 Å². The van der Waals surface area contributed by atoms with Crippen LogP contribution >= 0.6 is 0 Å². The van der Waals surface area contributed by atoms with Crippen molar-refractivity contribution in [2.75, 3.05) is 19.5 Å². The number of nitrogen functional groups attached to an aromatic ring is 1. The summed E-state index contributed by atoms with van der Waals surface area (Å²) < 4.78 is 15.9. The molecule has 0 atom stereocenters. The van der Waals surface area contributed by atoms with Crippen molar-refractivity contribution in [3.8, 4) is 23.3 Å². The van der Waals surface area contributed by atoms with Gasteiger partial charge in [0.2, 0.25) is 11.8 Å². The molecule has 6 heteroatoms.